The number of thiophene rings is 1. The summed E-state index contributed by atoms with van der Waals surface area (Å²) in [5.74, 6) is 1.19. The van der Waals surface area contributed by atoms with Crippen LogP contribution in [-0.4, -0.2) is 49.5 Å². The number of carbonyl (C=O) groups excluding carboxylic acids is 1. The minimum absolute atomic E-state index is 0.0683. The van der Waals surface area contributed by atoms with E-state index in [0.29, 0.717) is 6.04 Å². The minimum atomic E-state index is 0.0683. The van der Waals surface area contributed by atoms with E-state index in [9.17, 15) is 4.79 Å². The Morgan fingerprint density at radius 3 is 2.60 bits per heavy atom. The molecule has 1 amide bonds. The van der Waals surface area contributed by atoms with Crippen LogP contribution in [-0.2, 0) is 10.2 Å². The van der Waals surface area contributed by atoms with E-state index in [1.807, 2.05) is 25.8 Å². The quantitative estimate of drug-likeness (QED) is 0.624. The van der Waals surface area contributed by atoms with Crippen LogP contribution in [0, 0.1) is 5.92 Å². The molecule has 0 aliphatic carbocycles. The lowest BCUT2D eigenvalue weighted by molar-refractivity contribution is -0.135. The molecule has 1 aliphatic heterocycles. The first-order valence-corrected chi connectivity index (χ1v) is 10.0. The van der Waals surface area contributed by atoms with Gasteiger partial charge in [-0.2, -0.15) is 0 Å². The molecule has 5 nitrogen and oxygen atoms in total. The van der Waals surface area contributed by atoms with Gasteiger partial charge in [0.25, 0.3) is 0 Å². The lowest BCUT2D eigenvalue weighted by atomic mass is 9.91. The highest BCUT2D eigenvalue weighted by Gasteiger charge is 2.26. The second kappa shape index (κ2) is 8.70. The maximum absolute atomic E-state index is 12.1. The molecule has 1 aromatic rings. The van der Waals surface area contributed by atoms with Gasteiger partial charge >= 0.3 is 0 Å². The van der Waals surface area contributed by atoms with Crippen molar-refractivity contribution >= 4 is 23.2 Å². The Morgan fingerprint density at radius 2 is 2.08 bits per heavy atom. The van der Waals surface area contributed by atoms with Crippen LogP contribution in [0.15, 0.2) is 22.5 Å². The predicted molar refractivity (Wildman–Crippen MR) is 106 cm³/mol. The third kappa shape index (κ3) is 5.46. The van der Waals surface area contributed by atoms with Crippen molar-refractivity contribution in [1.82, 2.24) is 15.5 Å². The van der Waals surface area contributed by atoms with E-state index in [4.69, 9.17) is 0 Å². The van der Waals surface area contributed by atoms with Crippen molar-refractivity contribution < 1.29 is 4.79 Å². The lowest BCUT2D eigenvalue weighted by Crippen LogP contribution is -2.51. The number of piperidine rings is 1. The molecule has 0 spiro atoms. The Bertz CT molecular complexity index is 572. The monoisotopic (exact) mass is 364 g/mol. The average molecular weight is 365 g/mol. The van der Waals surface area contributed by atoms with Gasteiger partial charge in [0.1, 0.15) is 0 Å². The second-order valence-corrected chi connectivity index (χ2v) is 8.63. The molecule has 2 heterocycles. The zero-order valence-corrected chi connectivity index (χ0v) is 16.9. The lowest BCUT2D eigenvalue weighted by Gasteiger charge is -2.34. The number of aliphatic imine (C=N–C) groups is 1. The van der Waals surface area contributed by atoms with E-state index in [1.54, 1.807) is 11.3 Å². The fourth-order valence-electron chi connectivity index (χ4n) is 3.05. The summed E-state index contributed by atoms with van der Waals surface area (Å²) in [5.41, 5.74) is 0.0683. The van der Waals surface area contributed by atoms with Gasteiger partial charge in [-0.3, -0.25) is 9.79 Å². The molecule has 25 heavy (non-hydrogen) atoms. The van der Waals surface area contributed by atoms with Crippen molar-refractivity contribution in [2.24, 2.45) is 10.9 Å². The summed E-state index contributed by atoms with van der Waals surface area (Å²) in [6.07, 6.45) is 1.93. The van der Waals surface area contributed by atoms with E-state index in [2.05, 4.69) is 47.0 Å². The van der Waals surface area contributed by atoms with Gasteiger partial charge in [-0.15, -0.1) is 11.3 Å². The fourth-order valence-corrected chi connectivity index (χ4v) is 3.90. The maximum Gasteiger partial charge on any atom is 0.225 e. The number of nitrogens with zero attached hydrogens (tertiary/aromatic N) is 2. The maximum atomic E-state index is 12.1. The number of amides is 1. The first-order valence-electron chi connectivity index (χ1n) is 9.13. The zero-order chi connectivity index (χ0) is 18.4. The number of nitrogens with one attached hydrogen (secondary N) is 2. The van der Waals surface area contributed by atoms with Crippen LogP contribution < -0.4 is 10.6 Å². The van der Waals surface area contributed by atoms with E-state index >= 15 is 0 Å². The molecule has 1 aliphatic rings. The van der Waals surface area contributed by atoms with Crippen LogP contribution in [0.4, 0.5) is 0 Å². The predicted octanol–water partition coefficient (Wildman–Crippen LogP) is 2.84. The van der Waals surface area contributed by atoms with Crippen molar-refractivity contribution in [3.63, 3.8) is 0 Å². The molecule has 1 aromatic heterocycles. The van der Waals surface area contributed by atoms with E-state index in [-0.39, 0.29) is 17.2 Å². The van der Waals surface area contributed by atoms with Gasteiger partial charge in [-0.05, 0) is 24.3 Å². The third-order valence-corrected chi connectivity index (χ3v) is 5.99. The number of rotatable bonds is 5. The van der Waals surface area contributed by atoms with Crippen LogP contribution in [0.25, 0.3) is 0 Å². The summed E-state index contributed by atoms with van der Waals surface area (Å²) in [6.45, 7) is 10.9. The van der Waals surface area contributed by atoms with E-state index < -0.39 is 0 Å². The Kier molecular flexibility index (Phi) is 6.87. The van der Waals surface area contributed by atoms with Crippen LogP contribution in [0.2, 0.25) is 0 Å². The molecule has 0 radical (unpaired) electrons. The standard InChI is InChI=1S/C19H32N4OS/c1-14(2)17(24)23-10-8-15(9-11-23)22-18(20-5)21-13-19(3,4)16-7-6-12-25-16/h6-7,12,14-15H,8-11,13H2,1-5H3,(H2,20,21,22). The zero-order valence-electron chi connectivity index (χ0n) is 16.1. The van der Waals surface area contributed by atoms with Crippen LogP contribution in [0.1, 0.15) is 45.4 Å². The smallest absolute Gasteiger partial charge is 0.225 e. The molecule has 2 N–H and O–H groups in total. The van der Waals surface area contributed by atoms with E-state index in [1.165, 1.54) is 4.88 Å². The minimum Gasteiger partial charge on any atom is -0.356 e. The Morgan fingerprint density at radius 1 is 1.40 bits per heavy atom. The highest BCUT2D eigenvalue weighted by molar-refractivity contribution is 7.10. The van der Waals surface area contributed by atoms with Gasteiger partial charge in [-0.1, -0.05) is 33.8 Å². The van der Waals surface area contributed by atoms with Crippen molar-refractivity contribution in [1.29, 1.82) is 0 Å². The first-order chi connectivity index (χ1) is 11.8. The molecule has 0 bridgehead atoms. The molecule has 0 aromatic carbocycles. The Hall–Kier alpha value is -1.56. The SMILES string of the molecule is CN=C(NCC(C)(C)c1cccs1)NC1CCN(C(=O)C(C)C)CC1. The summed E-state index contributed by atoms with van der Waals surface area (Å²) >= 11 is 1.79. The molecular weight excluding hydrogens is 332 g/mol. The molecule has 0 unspecified atom stereocenters. The number of guanidine groups is 1. The van der Waals surface area contributed by atoms with Gasteiger partial charge in [-0.25, -0.2) is 0 Å². The number of carbonyl (C=O) groups is 1. The van der Waals surface area contributed by atoms with Gasteiger partial charge in [0, 0.05) is 48.9 Å². The summed E-state index contributed by atoms with van der Waals surface area (Å²) in [5, 5.41) is 9.10. The van der Waals surface area contributed by atoms with Crippen LogP contribution >= 0.6 is 11.3 Å². The number of hydrogen-bond acceptors (Lipinski definition) is 3. The van der Waals surface area contributed by atoms with Crippen LogP contribution in [0.5, 0.6) is 0 Å². The van der Waals surface area contributed by atoms with Crippen molar-refractivity contribution in [3.05, 3.63) is 22.4 Å². The fraction of sp³-hybridized carbons (Fsp3) is 0.684. The summed E-state index contributed by atoms with van der Waals surface area (Å²) in [4.78, 5) is 19.8. The van der Waals surface area contributed by atoms with Gasteiger partial charge < -0.3 is 15.5 Å². The van der Waals surface area contributed by atoms with Crippen molar-refractivity contribution in [3.8, 4) is 0 Å². The molecule has 140 valence electrons. The molecular formula is C19H32N4OS. The molecule has 0 atom stereocenters. The van der Waals surface area contributed by atoms with Crippen molar-refractivity contribution in [2.75, 3.05) is 26.7 Å². The average Bonchev–Trinajstić information content (AvgIpc) is 3.14. The summed E-state index contributed by atoms with van der Waals surface area (Å²) in [7, 11) is 1.81. The third-order valence-electron chi connectivity index (χ3n) is 4.75. The Labute approximate surface area is 155 Å². The second-order valence-electron chi connectivity index (χ2n) is 7.69. The molecule has 1 saturated heterocycles. The number of hydrogen-bond donors (Lipinski definition) is 2. The topological polar surface area (TPSA) is 56.7 Å². The molecule has 1 fully saturated rings. The summed E-state index contributed by atoms with van der Waals surface area (Å²) < 4.78 is 0. The van der Waals surface area contributed by atoms with Gasteiger partial charge in [0.2, 0.25) is 5.91 Å². The first kappa shape index (κ1) is 19.8. The highest BCUT2D eigenvalue weighted by Crippen LogP contribution is 2.26. The molecule has 2 rings (SSSR count). The number of likely N-dealkylation sites (tertiary alicyclic amines) is 1. The molecule has 0 saturated carbocycles. The molecule has 6 heteroatoms. The van der Waals surface area contributed by atoms with Crippen molar-refractivity contribution in [2.45, 2.75) is 52.0 Å². The normalized spacial score (nSPS) is 17.0. The van der Waals surface area contributed by atoms with Gasteiger partial charge in [0.05, 0.1) is 0 Å². The Balaban J connectivity index is 1.80. The highest BCUT2D eigenvalue weighted by atomic mass is 32.1. The van der Waals surface area contributed by atoms with Crippen LogP contribution in [0.3, 0.4) is 0 Å². The van der Waals surface area contributed by atoms with Gasteiger partial charge in [0.15, 0.2) is 5.96 Å². The largest absolute Gasteiger partial charge is 0.356 e. The van der Waals surface area contributed by atoms with E-state index in [0.717, 1.165) is 38.4 Å². The summed E-state index contributed by atoms with van der Waals surface area (Å²) in [6, 6.07) is 4.65.